The Labute approximate surface area is 71.2 Å². The number of amides is 1. The van der Waals surface area contributed by atoms with E-state index in [0.717, 1.165) is 5.69 Å². The fraction of sp³-hybridized carbons (Fsp3) is 0.500. The Morgan fingerprint density at radius 2 is 2.17 bits per heavy atom. The van der Waals surface area contributed by atoms with E-state index in [1.54, 1.807) is 0 Å². The summed E-state index contributed by atoms with van der Waals surface area (Å²) in [5, 5.41) is 0. The summed E-state index contributed by atoms with van der Waals surface area (Å²) in [5.41, 5.74) is 6.13. The zero-order valence-electron chi connectivity index (χ0n) is 7.51. The molecule has 0 unspecified atom stereocenters. The van der Waals surface area contributed by atoms with Crippen LogP contribution >= 0.6 is 0 Å². The molecule has 1 heterocycles. The molecular formula is C8H13N3O. The van der Waals surface area contributed by atoms with Gasteiger partial charge < -0.3 is 10.7 Å². The van der Waals surface area contributed by atoms with E-state index in [0.29, 0.717) is 5.69 Å². The monoisotopic (exact) mass is 167 g/mol. The van der Waals surface area contributed by atoms with E-state index in [4.69, 9.17) is 5.73 Å². The number of nitrogens with one attached hydrogen (secondary N) is 1. The topological polar surface area (TPSA) is 71.8 Å². The van der Waals surface area contributed by atoms with Gasteiger partial charge in [0, 0.05) is 5.41 Å². The van der Waals surface area contributed by atoms with Crippen LogP contribution in [0.4, 0.5) is 0 Å². The molecule has 0 aliphatic carbocycles. The number of imidazole rings is 1. The molecule has 0 aliphatic heterocycles. The molecule has 0 atom stereocenters. The number of rotatable bonds is 1. The number of H-pyrrole nitrogens is 1. The van der Waals surface area contributed by atoms with Crippen molar-refractivity contribution >= 4 is 5.91 Å². The van der Waals surface area contributed by atoms with Crippen molar-refractivity contribution < 1.29 is 4.79 Å². The fourth-order valence-electron chi connectivity index (χ4n) is 1.05. The zero-order valence-corrected chi connectivity index (χ0v) is 7.51. The standard InChI is InChI=1S/C8H13N3O/c1-8(2,3)6-5(7(9)12)10-4-11-6/h4H,1-3H3,(H2,9,12)(H,10,11). The van der Waals surface area contributed by atoms with Gasteiger partial charge in [0.2, 0.25) is 0 Å². The summed E-state index contributed by atoms with van der Waals surface area (Å²) >= 11 is 0. The highest BCUT2D eigenvalue weighted by Gasteiger charge is 2.22. The molecule has 0 aliphatic rings. The van der Waals surface area contributed by atoms with Gasteiger partial charge in [-0.2, -0.15) is 0 Å². The summed E-state index contributed by atoms with van der Waals surface area (Å²) in [6.07, 6.45) is 1.49. The Hall–Kier alpha value is -1.32. The first-order valence-electron chi connectivity index (χ1n) is 3.76. The second-order valence-corrected chi connectivity index (χ2v) is 3.74. The van der Waals surface area contributed by atoms with E-state index < -0.39 is 5.91 Å². The van der Waals surface area contributed by atoms with E-state index in [1.165, 1.54) is 6.33 Å². The maximum absolute atomic E-state index is 10.9. The maximum atomic E-state index is 10.9. The predicted octanol–water partition coefficient (Wildman–Crippen LogP) is 0.806. The van der Waals surface area contributed by atoms with Crippen molar-refractivity contribution in [2.45, 2.75) is 26.2 Å². The molecule has 4 heteroatoms. The zero-order chi connectivity index (χ0) is 9.35. The summed E-state index contributed by atoms with van der Waals surface area (Å²) < 4.78 is 0. The second-order valence-electron chi connectivity index (χ2n) is 3.74. The molecule has 0 spiro atoms. The summed E-state index contributed by atoms with van der Waals surface area (Å²) in [6.45, 7) is 5.98. The van der Waals surface area contributed by atoms with Gasteiger partial charge in [-0.3, -0.25) is 4.79 Å². The third-order valence-electron chi connectivity index (χ3n) is 1.62. The van der Waals surface area contributed by atoms with Crippen molar-refractivity contribution in [1.82, 2.24) is 9.97 Å². The Bertz CT molecular complexity index is 295. The third-order valence-corrected chi connectivity index (χ3v) is 1.62. The van der Waals surface area contributed by atoms with Crippen molar-refractivity contribution in [3.8, 4) is 0 Å². The van der Waals surface area contributed by atoms with E-state index in [1.807, 2.05) is 20.8 Å². The minimum absolute atomic E-state index is 0.124. The van der Waals surface area contributed by atoms with Gasteiger partial charge in [0.05, 0.1) is 12.0 Å². The van der Waals surface area contributed by atoms with E-state index in [2.05, 4.69) is 9.97 Å². The number of primary amides is 1. The lowest BCUT2D eigenvalue weighted by atomic mass is 9.90. The molecule has 0 aromatic carbocycles. The van der Waals surface area contributed by atoms with Crippen LogP contribution in [0.3, 0.4) is 0 Å². The molecule has 0 saturated carbocycles. The molecule has 0 saturated heterocycles. The first-order valence-corrected chi connectivity index (χ1v) is 3.76. The molecular weight excluding hydrogens is 154 g/mol. The maximum Gasteiger partial charge on any atom is 0.269 e. The lowest BCUT2D eigenvalue weighted by Gasteiger charge is -2.16. The number of aromatic amines is 1. The fourth-order valence-corrected chi connectivity index (χ4v) is 1.05. The third kappa shape index (κ3) is 1.47. The molecule has 0 radical (unpaired) electrons. The molecule has 1 aromatic rings. The van der Waals surface area contributed by atoms with Crippen LogP contribution < -0.4 is 5.73 Å². The average Bonchev–Trinajstić information content (AvgIpc) is 2.30. The largest absolute Gasteiger partial charge is 0.364 e. The number of hydrogen-bond acceptors (Lipinski definition) is 2. The molecule has 66 valence electrons. The summed E-state index contributed by atoms with van der Waals surface area (Å²) in [6, 6.07) is 0. The predicted molar refractivity (Wildman–Crippen MR) is 45.8 cm³/mol. The summed E-state index contributed by atoms with van der Waals surface area (Å²) in [4.78, 5) is 17.6. The van der Waals surface area contributed by atoms with Crippen LogP contribution in [-0.4, -0.2) is 15.9 Å². The molecule has 4 nitrogen and oxygen atoms in total. The lowest BCUT2D eigenvalue weighted by Crippen LogP contribution is -2.21. The van der Waals surface area contributed by atoms with Gasteiger partial charge in [0.15, 0.2) is 0 Å². The number of carbonyl (C=O) groups is 1. The highest BCUT2D eigenvalue weighted by atomic mass is 16.1. The molecule has 1 aromatic heterocycles. The summed E-state index contributed by atoms with van der Waals surface area (Å²) in [7, 11) is 0. The van der Waals surface area contributed by atoms with Crippen LogP contribution in [0.25, 0.3) is 0 Å². The van der Waals surface area contributed by atoms with Crippen molar-refractivity contribution in [2.75, 3.05) is 0 Å². The highest BCUT2D eigenvalue weighted by Crippen LogP contribution is 2.22. The Balaban J connectivity index is 3.17. The quantitative estimate of drug-likeness (QED) is 0.649. The number of nitrogens with two attached hydrogens (primary N) is 1. The Morgan fingerprint density at radius 1 is 1.58 bits per heavy atom. The van der Waals surface area contributed by atoms with Crippen molar-refractivity contribution in [3.63, 3.8) is 0 Å². The molecule has 12 heavy (non-hydrogen) atoms. The van der Waals surface area contributed by atoms with Crippen LogP contribution in [-0.2, 0) is 5.41 Å². The van der Waals surface area contributed by atoms with Gasteiger partial charge in [0.1, 0.15) is 5.69 Å². The lowest BCUT2D eigenvalue weighted by molar-refractivity contribution is 0.0994. The smallest absolute Gasteiger partial charge is 0.269 e. The van der Waals surface area contributed by atoms with Crippen molar-refractivity contribution in [2.24, 2.45) is 5.73 Å². The van der Waals surface area contributed by atoms with Gasteiger partial charge in [-0.05, 0) is 0 Å². The Kier molecular flexibility index (Phi) is 1.92. The van der Waals surface area contributed by atoms with E-state index >= 15 is 0 Å². The van der Waals surface area contributed by atoms with E-state index in [9.17, 15) is 4.79 Å². The summed E-state index contributed by atoms with van der Waals surface area (Å²) in [5.74, 6) is -0.485. The van der Waals surface area contributed by atoms with Crippen LogP contribution in [0, 0.1) is 0 Å². The first kappa shape index (κ1) is 8.77. The van der Waals surface area contributed by atoms with E-state index in [-0.39, 0.29) is 5.41 Å². The van der Waals surface area contributed by atoms with Gasteiger partial charge >= 0.3 is 0 Å². The van der Waals surface area contributed by atoms with Crippen molar-refractivity contribution in [1.29, 1.82) is 0 Å². The SMILES string of the molecule is CC(C)(C)c1[nH]cnc1C(N)=O. The molecule has 1 rings (SSSR count). The Morgan fingerprint density at radius 3 is 2.50 bits per heavy atom. The number of aromatic nitrogens is 2. The van der Waals surface area contributed by atoms with Crippen LogP contribution in [0.15, 0.2) is 6.33 Å². The van der Waals surface area contributed by atoms with Crippen LogP contribution in [0.1, 0.15) is 37.0 Å². The van der Waals surface area contributed by atoms with Crippen LogP contribution in [0.2, 0.25) is 0 Å². The van der Waals surface area contributed by atoms with Gasteiger partial charge in [0.25, 0.3) is 5.91 Å². The number of nitrogens with zero attached hydrogens (tertiary/aromatic N) is 1. The normalized spacial score (nSPS) is 11.6. The first-order chi connectivity index (χ1) is 5.43. The highest BCUT2D eigenvalue weighted by molar-refractivity contribution is 5.92. The van der Waals surface area contributed by atoms with Gasteiger partial charge in [-0.15, -0.1) is 0 Å². The minimum Gasteiger partial charge on any atom is -0.364 e. The molecule has 0 bridgehead atoms. The molecule has 3 N–H and O–H groups in total. The second kappa shape index (κ2) is 2.62. The molecule has 0 fully saturated rings. The number of carbonyl (C=O) groups excluding carboxylic acids is 1. The molecule has 1 amide bonds. The minimum atomic E-state index is -0.485. The average molecular weight is 167 g/mol. The van der Waals surface area contributed by atoms with Crippen molar-refractivity contribution in [3.05, 3.63) is 17.7 Å². The number of hydrogen-bond donors (Lipinski definition) is 2. The van der Waals surface area contributed by atoms with Gasteiger partial charge in [-0.1, -0.05) is 20.8 Å². The van der Waals surface area contributed by atoms with Gasteiger partial charge in [-0.25, -0.2) is 4.98 Å². The van der Waals surface area contributed by atoms with Crippen LogP contribution in [0.5, 0.6) is 0 Å².